The quantitative estimate of drug-likeness (QED) is 0.295. The largest absolute Gasteiger partial charge is 0.494 e. The van der Waals surface area contributed by atoms with Crippen LogP contribution in [0, 0.1) is 0 Å². The smallest absolute Gasteiger partial charge is 0.196 e. The van der Waals surface area contributed by atoms with E-state index in [2.05, 4.69) is 51.2 Å². The highest BCUT2D eigenvalue weighted by Gasteiger charge is 2.23. The maximum atomic E-state index is 5.55. The molecule has 0 aliphatic carbocycles. The van der Waals surface area contributed by atoms with E-state index in [-0.39, 0.29) is 0 Å². The van der Waals surface area contributed by atoms with Crippen molar-refractivity contribution >= 4 is 28.6 Å². The van der Waals surface area contributed by atoms with E-state index < -0.39 is 0 Å². The molecule has 0 amide bonds. The minimum Gasteiger partial charge on any atom is -0.494 e. The van der Waals surface area contributed by atoms with Crippen molar-refractivity contribution in [3.63, 3.8) is 0 Å². The monoisotopic (exact) mass is 472 g/mol. The first-order valence-electron chi connectivity index (χ1n) is 10.9. The molecular formula is C26H24N4OS2. The van der Waals surface area contributed by atoms with Crippen molar-refractivity contribution < 1.29 is 4.74 Å². The molecule has 1 atom stereocenters. The van der Waals surface area contributed by atoms with Gasteiger partial charge in [-0.05, 0) is 43.3 Å². The molecule has 1 aliphatic heterocycles. The summed E-state index contributed by atoms with van der Waals surface area (Å²) in [6.07, 6.45) is 0. The second kappa shape index (κ2) is 10.3. The van der Waals surface area contributed by atoms with Crippen molar-refractivity contribution in [2.75, 3.05) is 18.9 Å². The summed E-state index contributed by atoms with van der Waals surface area (Å²) < 4.78 is 7.70. The molecule has 0 N–H and O–H groups in total. The maximum Gasteiger partial charge on any atom is 0.196 e. The van der Waals surface area contributed by atoms with Crippen molar-refractivity contribution in [2.45, 2.75) is 17.3 Å². The summed E-state index contributed by atoms with van der Waals surface area (Å²) in [5, 5.41) is 11.5. The highest BCUT2D eigenvalue weighted by Crippen LogP contribution is 2.33. The van der Waals surface area contributed by atoms with E-state index in [9.17, 15) is 0 Å². The van der Waals surface area contributed by atoms with Gasteiger partial charge in [0.15, 0.2) is 11.0 Å². The lowest BCUT2D eigenvalue weighted by atomic mass is 10.2. The van der Waals surface area contributed by atoms with Gasteiger partial charge >= 0.3 is 0 Å². The predicted molar refractivity (Wildman–Crippen MR) is 138 cm³/mol. The molecule has 0 fully saturated rings. The van der Waals surface area contributed by atoms with Crippen LogP contribution in [-0.4, -0.2) is 44.0 Å². The Hall–Kier alpha value is -3.03. The summed E-state index contributed by atoms with van der Waals surface area (Å²) in [6, 6.07) is 28.7. The third-order valence-corrected chi connectivity index (χ3v) is 7.75. The fourth-order valence-electron chi connectivity index (χ4n) is 3.64. The van der Waals surface area contributed by atoms with E-state index in [0.29, 0.717) is 11.9 Å². The van der Waals surface area contributed by atoms with Crippen molar-refractivity contribution in [3.05, 3.63) is 90.5 Å². The van der Waals surface area contributed by atoms with Gasteiger partial charge in [-0.1, -0.05) is 60.3 Å². The van der Waals surface area contributed by atoms with Crippen LogP contribution in [0.25, 0.3) is 17.1 Å². The van der Waals surface area contributed by atoms with Gasteiger partial charge in [0.25, 0.3) is 0 Å². The number of benzene rings is 3. The van der Waals surface area contributed by atoms with Crippen molar-refractivity contribution in [1.29, 1.82) is 0 Å². The minimum atomic E-state index is 0.401. The van der Waals surface area contributed by atoms with Gasteiger partial charge in [-0.25, -0.2) is 0 Å². The van der Waals surface area contributed by atoms with Gasteiger partial charge < -0.3 is 4.74 Å². The molecule has 0 bridgehead atoms. The molecule has 3 aromatic carbocycles. The van der Waals surface area contributed by atoms with E-state index in [1.54, 1.807) is 11.8 Å². The lowest BCUT2D eigenvalue weighted by molar-refractivity contribution is 0.340. The fraction of sp³-hybridized carbons (Fsp3) is 0.192. The van der Waals surface area contributed by atoms with Crippen molar-refractivity contribution in [2.24, 2.45) is 4.99 Å². The third-order valence-electron chi connectivity index (χ3n) is 5.21. The van der Waals surface area contributed by atoms with Crippen LogP contribution in [0.15, 0.2) is 95.1 Å². The molecule has 5 rings (SSSR count). The van der Waals surface area contributed by atoms with E-state index in [1.165, 1.54) is 0 Å². The molecule has 0 radical (unpaired) electrons. The number of nitrogens with zero attached hydrogens (tertiary/aromatic N) is 4. The first kappa shape index (κ1) is 21.8. The first-order chi connectivity index (χ1) is 16.3. The summed E-state index contributed by atoms with van der Waals surface area (Å²) in [5.74, 6) is 2.66. The summed E-state index contributed by atoms with van der Waals surface area (Å²) >= 11 is 3.57. The van der Waals surface area contributed by atoms with Crippen LogP contribution in [-0.2, 0) is 0 Å². The molecule has 1 aliphatic rings. The van der Waals surface area contributed by atoms with Gasteiger partial charge in [0.2, 0.25) is 0 Å². The average molecular weight is 473 g/mol. The second-order valence-electron chi connectivity index (χ2n) is 7.50. The SMILES string of the molecule is CCOc1ccc(C2=NC[C@@H](CSc3nnc(-c4ccccc4)n3-c3ccccc3)S2)cc1. The van der Waals surface area contributed by atoms with Crippen LogP contribution in [0.4, 0.5) is 0 Å². The van der Waals surface area contributed by atoms with Crippen LogP contribution in [0.3, 0.4) is 0 Å². The van der Waals surface area contributed by atoms with Gasteiger partial charge in [0.1, 0.15) is 5.75 Å². The zero-order chi connectivity index (χ0) is 22.5. The Morgan fingerprint density at radius 3 is 2.36 bits per heavy atom. The lowest BCUT2D eigenvalue weighted by Gasteiger charge is -2.12. The molecular weight excluding hydrogens is 448 g/mol. The molecule has 0 saturated carbocycles. The van der Waals surface area contributed by atoms with Gasteiger partial charge in [0.05, 0.1) is 18.2 Å². The highest BCUT2D eigenvalue weighted by atomic mass is 32.2. The number of hydrogen-bond donors (Lipinski definition) is 0. The van der Waals surface area contributed by atoms with Crippen molar-refractivity contribution in [1.82, 2.24) is 14.8 Å². The number of aromatic nitrogens is 3. The van der Waals surface area contributed by atoms with Gasteiger partial charge in [-0.15, -0.1) is 22.0 Å². The Labute approximate surface area is 202 Å². The fourth-order valence-corrected chi connectivity index (χ4v) is 5.86. The Morgan fingerprint density at radius 2 is 1.64 bits per heavy atom. The number of ether oxygens (including phenoxy) is 1. The van der Waals surface area contributed by atoms with E-state index in [4.69, 9.17) is 9.73 Å². The molecule has 5 nitrogen and oxygen atoms in total. The number of aliphatic imine (C=N–C) groups is 1. The van der Waals surface area contributed by atoms with Crippen molar-refractivity contribution in [3.8, 4) is 22.8 Å². The van der Waals surface area contributed by atoms with Crippen LogP contribution in [0.2, 0.25) is 0 Å². The van der Waals surface area contributed by atoms with Gasteiger partial charge in [-0.3, -0.25) is 9.56 Å². The third kappa shape index (κ3) is 4.99. The summed E-state index contributed by atoms with van der Waals surface area (Å²) in [5.41, 5.74) is 3.26. The Morgan fingerprint density at radius 1 is 0.909 bits per heavy atom. The van der Waals surface area contributed by atoms with Crippen LogP contribution in [0.1, 0.15) is 12.5 Å². The molecule has 0 saturated heterocycles. The molecule has 2 heterocycles. The zero-order valence-electron chi connectivity index (χ0n) is 18.3. The topological polar surface area (TPSA) is 52.3 Å². The molecule has 0 unspecified atom stereocenters. The van der Waals surface area contributed by atoms with Crippen LogP contribution >= 0.6 is 23.5 Å². The summed E-state index contributed by atoms with van der Waals surface area (Å²) in [7, 11) is 0. The predicted octanol–water partition coefficient (Wildman–Crippen LogP) is 5.99. The number of hydrogen-bond acceptors (Lipinski definition) is 6. The Bertz CT molecular complexity index is 1220. The average Bonchev–Trinajstić information content (AvgIpc) is 3.52. The number of thioether (sulfide) groups is 2. The van der Waals surface area contributed by atoms with Gasteiger partial charge in [-0.2, -0.15) is 0 Å². The zero-order valence-corrected chi connectivity index (χ0v) is 19.9. The molecule has 166 valence electrons. The van der Waals surface area contributed by atoms with E-state index in [1.807, 2.05) is 67.2 Å². The molecule has 4 aromatic rings. The highest BCUT2D eigenvalue weighted by molar-refractivity contribution is 8.16. The van der Waals surface area contributed by atoms with Crippen LogP contribution < -0.4 is 4.74 Å². The van der Waals surface area contributed by atoms with Gasteiger partial charge in [0, 0.05) is 27.8 Å². The maximum absolute atomic E-state index is 5.55. The van der Waals surface area contributed by atoms with Crippen LogP contribution in [0.5, 0.6) is 5.75 Å². The molecule has 7 heteroatoms. The Balaban J connectivity index is 1.30. The summed E-state index contributed by atoms with van der Waals surface area (Å²) in [6.45, 7) is 3.48. The first-order valence-corrected chi connectivity index (χ1v) is 12.8. The number of rotatable bonds is 8. The normalized spacial score (nSPS) is 15.4. The number of para-hydroxylation sites is 1. The molecule has 33 heavy (non-hydrogen) atoms. The second-order valence-corrected chi connectivity index (χ2v) is 9.77. The summed E-state index contributed by atoms with van der Waals surface area (Å²) in [4.78, 5) is 4.79. The lowest BCUT2D eigenvalue weighted by Crippen LogP contribution is -2.08. The molecule has 1 aromatic heterocycles. The van der Waals surface area contributed by atoms with E-state index >= 15 is 0 Å². The van der Waals surface area contributed by atoms with E-state index in [0.717, 1.165) is 50.9 Å². The Kier molecular flexibility index (Phi) is 6.79. The standard InChI is InChI=1S/C26H24N4OS2/c1-2-31-22-15-13-20(14-16-22)25-27-17-23(33-25)18-32-26-29-28-24(19-9-5-3-6-10-19)30(26)21-11-7-4-8-12-21/h3-16,23H,2,17-18H2,1H3/t23-/m0/s1. The molecule has 0 spiro atoms. The minimum absolute atomic E-state index is 0.401.